The Kier molecular flexibility index (Phi) is 4.44. The van der Waals surface area contributed by atoms with Gasteiger partial charge in [-0.05, 0) is 51.3 Å². The fourth-order valence-corrected chi connectivity index (χ4v) is 3.22. The molecule has 0 amide bonds. The van der Waals surface area contributed by atoms with Gasteiger partial charge < -0.3 is 14.6 Å². The Morgan fingerprint density at radius 1 is 1.33 bits per heavy atom. The normalized spacial score (nSPS) is 19.3. The Morgan fingerprint density at radius 3 is 3.05 bits per heavy atom. The lowest BCUT2D eigenvalue weighted by Crippen LogP contribution is -2.38. The van der Waals surface area contributed by atoms with E-state index in [0.29, 0.717) is 6.04 Å². The Morgan fingerprint density at radius 2 is 2.24 bits per heavy atom. The predicted octanol–water partition coefficient (Wildman–Crippen LogP) is 3.21. The lowest BCUT2D eigenvalue weighted by atomic mass is 10.0. The summed E-state index contributed by atoms with van der Waals surface area (Å²) in [5.41, 5.74) is 2.35. The number of anilines is 1. The van der Waals surface area contributed by atoms with Crippen LogP contribution < -0.4 is 10.2 Å². The molecule has 0 spiro atoms. The average Bonchev–Trinajstić information content (AvgIpc) is 2.87. The van der Waals surface area contributed by atoms with E-state index >= 15 is 0 Å². The van der Waals surface area contributed by atoms with Gasteiger partial charge in [-0.3, -0.25) is 0 Å². The van der Waals surface area contributed by atoms with Crippen LogP contribution in [-0.4, -0.2) is 28.5 Å². The summed E-state index contributed by atoms with van der Waals surface area (Å²) in [5, 5.41) is 3.54. The highest BCUT2D eigenvalue weighted by atomic mass is 15.3. The Labute approximate surface area is 127 Å². The van der Waals surface area contributed by atoms with Gasteiger partial charge >= 0.3 is 0 Å². The summed E-state index contributed by atoms with van der Waals surface area (Å²) in [6.07, 6.45) is 7.18. The Hall–Kier alpha value is -1.55. The van der Waals surface area contributed by atoms with Crippen molar-refractivity contribution in [3.05, 3.63) is 30.1 Å². The monoisotopic (exact) mass is 286 g/mol. The van der Waals surface area contributed by atoms with Gasteiger partial charge in [-0.2, -0.15) is 0 Å². The largest absolute Gasteiger partial charge is 0.352 e. The van der Waals surface area contributed by atoms with Crippen molar-refractivity contribution in [1.82, 2.24) is 14.7 Å². The number of nitrogens with zero attached hydrogens (tertiary/aromatic N) is 3. The molecule has 1 unspecified atom stereocenters. The number of piperidine rings is 1. The minimum Gasteiger partial charge on any atom is -0.352 e. The third-order valence-electron chi connectivity index (χ3n) is 4.40. The number of pyridine rings is 1. The zero-order chi connectivity index (χ0) is 14.7. The minimum absolute atomic E-state index is 0.591. The summed E-state index contributed by atoms with van der Waals surface area (Å²) in [6.45, 7) is 7.60. The molecule has 4 heteroatoms. The first-order valence-corrected chi connectivity index (χ1v) is 8.24. The first-order chi connectivity index (χ1) is 10.3. The number of imidazole rings is 1. The van der Waals surface area contributed by atoms with E-state index in [-0.39, 0.29) is 0 Å². The summed E-state index contributed by atoms with van der Waals surface area (Å²) in [4.78, 5) is 7.41. The van der Waals surface area contributed by atoms with E-state index in [4.69, 9.17) is 4.98 Å². The van der Waals surface area contributed by atoms with Crippen LogP contribution in [-0.2, 0) is 6.54 Å². The van der Waals surface area contributed by atoms with Crippen LogP contribution in [0.5, 0.6) is 0 Å². The lowest BCUT2D eigenvalue weighted by molar-refractivity contribution is 0.479. The van der Waals surface area contributed by atoms with Crippen molar-refractivity contribution >= 4 is 11.5 Å². The molecule has 1 aliphatic heterocycles. The molecule has 0 radical (unpaired) electrons. The highest BCUT2D eigenvalue weighted by Gasteiger charge is 2.24. The van der Waals surface area contributed by atoms with Gasteiger partial charge in [0.2, 0.25) is 0 Å². The number of aromatic nitrogens is 2. The predicted molar refractivity (Wildman–Crippen MR) is 87.8 cm³/mol. The van der Waals surface area contributed by atoms with E-state index in [9.17, 15) is 0 Å². The molecule has 1 N–H and O–H groups in total. The minimum atomic E-state index is 0.591. The molecule has 3 rings (SSSR count). The van der Waals surface area contributed by atoms with Crippen LogP contribution in [0.25, 0.3) is 5.65 Å². The maximum Gasteiger partial charge on any atom is 0.152 e. The van der Waals surface area contributed by atoms with Gasteiger partial charge in [-0.15, -0.1) is 0 Å². The average molecular weight is 286 g/mol. The van der Waals surface area contributed by atoms with Gasteiger partial charge in [-0.1, -0.05) is 13.0 Å². The third kappa shape index (κ3) is 2.91. The smallest absolute Gasteiger partial charge is 0.152 e. The quantitative estimate of drug-likeness (QED) is 0.857. The zero-order valence-corrected chi connectivity index (χ0v) is 13.2. The van der Waals surface area contributed by atoms with Gasteiger partial charge in [-0.25, -0.2) is 4.98 Å². The van der Waals surface area contributed by atoms with E-state index in [0.717, 1.165) is 31.7 Å². The molecular formula is C17H26N4. The number of rotatable bonds is 5. The number of hydrogen-bond donors (Lipinski definition) is 1. The van der Waals surface area contributed by atoms with Crippen LogP contribution in [0.15, 0.2) is 24.4 Å². The van der Waals surface area contributed by atoms with Gasteiger partial charge in [0.1, 0.15) is 5.65 Å². The Bertz CT molecular complexity index is 589. The van der Waals surface area contributed by atoms with E-state index in [1.807, 2.05) is 0 Å². The third-order valence-corrected chi connectivity index (χ3v) is 4.40. The van der Waals surface area contributed by atoms with Gasteiger partial charge in [0.05, 0.1) is 5.69 Å². The Balaban J connectivity index is 1.97. The van der Waals surface area contributed by atoms with Crippen molar-refractivity contribution in [3.8, 4) is 0 Å². The maximum atomic E-state index is 4.91. The molecule has 4 nitrogen and oxygen atoms in total. The van der Waals surface area contributed by atoms with Crippen molar-refractivity contribution in [2.45, 2.75) is 52.1 Å². The van der Waals surface area contributed by atoms with Crippen LogP contribution in [0.4, 0.5) is 5.82 Å². The topological polar surface area (TPSA) is 32.6 Å². The molecular weight excluding hydrogens is 260 g/mol. The molecule has 0 bridgehead atoms. The lowest BCUT2D eigenvalue weighted by Gasteiger charge is -2.34. The summed E-state index contributed by atoms with van der Waals surface area (Å²) < 4.78 is 2.24. The van der Waals surface area contributed by atoms with Crippen LogP contribution in [0.1, 0.15) is 45.2 Å². The molecule has 1 saturated heterocycles. The van der Waals surface area contributed by atoms with Gasteiger partial charge in [0.25, 0.3) is 0 Å². The molecule has 114 valence electrons. The van der Waals surface area contributed by atoms with Crippen LogP contribution in [0, 0.1) is 0 Å². The van der Waals surface area contributed by atoms with Crippen molar-refractivity contribution < 1.29 is 0 Å². The van der Waals surface area contributed by atoms with E-state index in [1.54, 1.807) is 0 Å². The molecule has 2 aromatic heterocycles. The number of nitrogens with one attached hydrogen (secondary N) is 1. The first kappa shape index (κ1) is 14.4. The van der Waals surface area contributed by atoms with Crippen molar-refractivity contribution in [2.75, 3.05) is 18.0 Å². The summed E-state index contributed by atoms with van der Waals surface area (Å²) in [6, 6.07) is 6.84. The van der Waals surface area contributed by atoms with Crippen molar-refractivity contribution in [1.29, 1.82) is 0 Å². The van der Waals surface area contributed by atoms with Gasteiger partial charge in [0.15, 0.2) is 5.82 Å². The maximum absolute atomic E-state index is 4.91. The molecule has 1 atom stereocenters. The molecule has 3 heterocycles. The molecule has 2 aromatic rings. The highest BCUT2D eigenvalue weighted by molar-refractivity contribution is 5.56. The van der Waals surface area contributed by atoms with Crippen LogP contribution in [0.3, 0.4) is 0 Å². The summed E-state index contributed by atoms with van der Waals surface area (Å²) >= 11 is 0. The molecule has 0 saturated carbocycles. The molecule has 0 aromatic carbocycles. The van der Waals surface area contributed by atoms with Crippen LogP contribution in [0.2, 0.25) is 0 Å². The van der Waals surface area contributed by atoms with Crippen molar-refractivity contribution in [2.24, 2.45) is 0 Å². The fraction of sp³-hybridized carbons (Fsp3) is 0.588. The van der Waals surface area contributed by atoms with E-state index < -0.39 is 0 Å². The fourth-order valence-electron chi connectivity index (χ4n) is 3.22. The second-order valence-corrected chi connectivity index (χ2v) is 6.03. The summed E-state index contributed by atoms with van der Waals surface area (Å²) in [5.74, 6) is 1.18. The SMILES string of the molecule is CCCNCc1c(N2CCCCC2C)nc2ccccn12. The molecule has 1 aliphatic rings. The van der Waals surface area contributed by atoms with Gasteiger partial charge in [0, 0.05) is 25.3 Å². The number of fused-ring (bicyclic) bond motifs is 1. The molecule has 0 aliphatic carbocycles. The molecule has 1 fully saturated rings. The summed E-state index contributed by atoms with van der Waals surface area (Å²) in [7, 11) is 0. The molecule has 21 heavy (non-hydrogen) atoms. The first-order valence-electron chi connectivity index (χ1n) is 8.24. The zero-order valence-electron chi connectivity index (χ0n) is 13.2. The standard InChI is InChI=1S/C17H26N4/c1-3-10-18-13-15-17(20-11-6-4-8-14(20)2)19-16-9-5-7-12-21(15)16/h5,7,9,12,14,18H,3-4,6,8,10-11,13H2,1-2H3. The number of hydrogen-bond acceptors (Lipinski definition) is 3. The van der Waals surface area contributed by atoms with Crippen LogP contribution >= 0.6 is 0 Å². The highest BCUT2D eigenvalue weighted by Crippen LogP contribution is 2.28. The second-order valence-electron chi connectivity index (χ2n) is 6.03. The van der Waals surface area contributed by atoms with E-state index in [1.165, 1.54) is 30.8 Å². The second kappa shape index (κ2) is 6.48. The van der Waals surface area contributed by atoms with E-state index in [2.05, 4.69) is 52.9 Å². The van der Waals surface area contributed by atoms with Crippen molar-refractivity contribution in [3.63, 3.8) is 0 Å².